The SMILES string of the molecule is CCc1c(C2CNC(C(C)C)CCO2)oc2ccccc12. The zero-order valence-corrected chi connectivity index (χ0v) is 13.2. The van der Waals surface area contributed by atoms with E-state index in [1.807, 2.05) is 12.1 Å². The van der Waals surface area contributed by atoms with E-state index in [0.717, 1.165) is 37.3 Å². The van der Waals surface area contributed by atoms with Crippen LogP contribution in [0.3, 0.4) is 0 Å². The molecule has 21 heavy (non-hydrogen) atoms. The fraction of sp³-hybridized carbons (Fsp3) is 0.556. The van der Waals surface area contributed by atoms with E-state index in [0.29, 0.717) is 12.0 Å². The fourth-order valence-corrected chi connectivity index (χ4v) is 3.24. The molecule has 0 bridgehead atoms. The molecule has 3 nitrogen and oxygen atoms in total. The van der Waals surface area contributed by atoms with E-state index in [9.17, 15) is 0 Å². The van der Waals surface area contributed by atoms with E-state index in [4.69, 9.17) is 9.15 Å². The molecular weight excluding hydrogens is 262 g/mol. The zero-order valence-electron chi connectivity index (χ0n) is 13.2. The minimum absolute atomic E-state index is 0.0242. The van der Waals surface area contributed by atoms with Crippen LogP contribution in [0.4, 0.5) is 0 Å². The Morgan fingerprint density at radius 3 is 2.86 bits per heavy atom. The molecule has 1 N–H and O–H groups in total. The topological polar surface area (TPSA) is 34.4 Å². The van der Waals surface area contributed by atoms with Crippen molar-refractivity contribution in [2.24, 2.45) is 5.92 Å². The average Bonchev–Trinajstić information content (AvgIpc) is 2.68. The van der Waals surface area contributed by atoms with Crippen molar-refractivity contribution in [2.45, 2.75) is 45.8 Å². The second kappa shape index (κ2) is 6.20. The van der Waals surface area contributed by atoms with Crippen molar-refractivity contribution in [2.75, 3.05) is 13.2 Å². The van der Waals surface area contributed by atoms with Crippen LogP contribution in [0.15, 0.2) is 28.7 Å². The van der Waals surface area contributed by atoms with Gasteiger partial charge < -0.3 is 14.5 Å². The van der Waals surface area contributed by atoms with Gasteiger partial charge in [0.1, 0.15) is 17.4 Å². The van der Waals surface area contributed by atoms with Crippen LogP contribution in [-0.4, -0.2) is 19.2 Å². The number of aryl methyl sites for hydroxylation is 1. The highest BCUT2D eigenvalue weighted by molar-refractivity contribution is 5.82. The van der Waals surface area contributed by atoms with Gasteiger partial charge in [-0.2, -0.15) is 0 Å². The highest BCUT2D eigenvalue weighted by atomic mass is 16.5. The van der Waals surface area contributed by atoms with Crippen molar-refractivity contribution in [3.63, 3.8) is 0 Å². The molecule has 1 aromatic carbocycles. The third kappa shape index (κ3) is 2.85. The summed E-state index contributed by atoms with van der Waals surface area (Å²) in [5, 5.41) is 4.87. The maximum Gasteiger partial charge on any atom is 0.138 e. The quantitative estimate of drug-likeness (QED) is 0.924. The molecule has 0 spiro atoms. The predicted molar refractivity (Wildman–Crippen MR) is 85.5 cm³/mol. The molecule has 0 amide bonds. The molecule has 1 aliphatic heterocycles. The lowest BCUT2D eigenvalue weighted by Gasteiger charge is -2.19. The van der Waals surface area contributed by atoms with E-state index in [2.05, 4.69) is 38.2 Å². The lowest BCUT2D eigenvalue weighted by molar-refractivity contribution is 0.0511. The molecule has 2 unspecified atom stereocenters. The number of ether oxygens (including phenoxy) is 1. The van der Waals surface area contributed by atoms with Gasteiger partial charge in [-0.05, 0) is 24.8 Å². The van der Waals surface area contributed by atoms with Gasteiger partial charge in [0.15, 0.2) is 0 Å². The van der Waals surface area contributed by atoms with Crippen molar-refractivity contribution in [3.8, 4) is 0 Å². The number of rotatable bonds is 3. The largest absolute Gasteiger partial charge is 0.458 e. The van der Waals surface area contributed by atoms with Crippen LogP contribution in [0.1, 0.15) is 44.6 Å². The molecule has 3 rings (SSSR count). The summed E-state index contributed by atoms with van der Waals surface area (Å²) in [6.07, 6.45) is 2.06. The van der Waals surface area contributed by atoms with Crippen molar-refractivity contribution >= 4 is 11.0 Å². The lowest BCUT2D eigenvalue weighted by atomic mass is 10.0. The summed E-state index contributed by atoms with van der Waals surface area (Å²) >= 11 is 0. The summed E-state index contributed by atoms with van der Waals surface area (Å²) in [6, 6.07) is 8.81. The van der Waals surface area contributed by atoms with Crippen molar-refractivity contribution in [3.05, 3.63) is 35.6 Å². The van der Waals surface area contributed by atoms with E-state index >= 15 is 0 Å². The summed E-state index contributed by atoms with van der Waals surface area (Å²) in [4.78, 5) is 0. The predicted octanol–water partition coefficient (Wildman–Crippen LogP) is 4.07. The van der Waals surface area contributed by atoms with E-state index in [1.54, 1.807) is 0 Å². The Labute approximate surface area is 126 Å². The van der Waals surface area contributed by atoms with Gasteiger partial charge in [-0.1, -0.05) is 39.0 Å². The van der Waals surface area contributed by atoms with Crippen LogP contribution in [0.5, 0.6) is 0 Å². The molecule has 3 heteroatoms. The monoisotopic (exact) mass is 287 g/mol. The highest BCUT2D eigenvalue weighted by Crippen LogP contribution is 2.33. The number of hydrogen-bond acceptors (Lipinski definition) is 3. The Morgan fingerprint density at radius 2 is 2.10 bits per heavy atom. The first kappa shape index (κ1) is 14.6. The van der Waals surface area contributed by atoms with E-state index < -0.39 is 0 Å². The van der Waals surface area contributed by atoms with Gasteiger partial charge in [-0.25, -0.2) is 0 Å². The zero-order chi connectivity index (χ0) is 14.8. The van der Waals surface area contributed by atoms with Crippen LogP contribution in [-0.2, 0) is 11.2 Å². The molecule has 1 aliphatic rings. The maximum atomic E-state index is 6.12. The number of nitrogens with one attached hydrogen (secondary N) is 1. The number of fused-ring (bicyclic) bond motifs is 1. The van der Waals surface area contributed by atoms with Gasteiger partial charge in [-0.15, -0.1) is 0 Å². The second-order valence-corrected chi connectivity index (χ2v) is 6.20. The molecule has 0 saturated carbocycles. The van der Waals surface area contributed by atoms with E-state index in [-0.39, 0.29) is 6.10 Å². The first-order chi connectivity index (χ1) is 10.2. The number of para-hydroxylation sites is 1. The first-order valence-corrected chi connectivity index (χ1v) is 8.06. The number of furan rings is 1. The molecule has 1 aromatic heterocycles. The van der Waals surface area contributed by atoms with Gasteiger partial charge in [0, 0.05) is 30.1 Å². The van der Waals surface area contributed by atoms with Crippen LogP contribution in [0.2, 0.25) is 0 Å². The minimum atomic E-state index is 0.0242. The first-order valence-electron chi connectivity index (χ1n) is 8.06. The summed E-state index contributed by atoms with van der Waals surface area (Å²) in [5.41, 5.74) is 2.26. The lowest BCUT2D eigenvalue weighted by Crippen LogP contribution is -2.34. The molecule has 114 valence electrons. The van der Waals surface area contributed by atoms with Gasteiger partial charge in [0.25, 0.3) is 0 Å². The van der Waals surface area contributed by atoms with Crippen LogP contribution < -0.4 is 5.32 Å². The fourth-order valence-electron chi connectivity index (χ4n) is 3.24. The Kier molecular flexibility index (Phi) is 4.32. The Morgan fingerprint density at radius 1 is 1.29 bits per heavy atom. The minimum Gasteiger partial charge on any atom is -0.458 e. The molecule has 2 heterocycles. The summed E-state index contributed by atoms with van der Waals surface area (Å²) in [5.74, 6) is 1.64. The summed E-state index contributed by atoms with van der Waals surface area (Å²) in [7, 11) is 0. The number of hydrogen-bond donors (Lipinski definition) is 1. The molecule has 2 aromatic rings. The molecule has 1 fully saturated rings. The molecular formula is C18H25NO2. The normalized spacial score (nSPS) is 23.6. The maximum absolute atomic E-state index is 6.12. The second-order valence-electron chi connectivity index (χ2n) is 6.20. The molecule has 0 aliphatic carbocycles. The van der Waals surface area contributed by atoms with Gasteiger partial charge in [0.2, 0.25) is 0 Å². The molecule has 1 saturated heterocycles. The Balaban J connectivity index is 1.89. The summed E-state index contributed by atoms with van der Waals surface area (Å²) in [6.45, 7) is 8.32. The third-order valence-corrected chi connectivity index (χ3v) is 4.49. The van der Waals surface area contributed by atoms with Gasteiger partial charge in [-0.3, -0.25) is 0 Å². The molecule has 0 radical (unpaired) electrons. The average molecular weight is 287 g/mol. The number of benzene rings is 1. The third-order valence-electron chi connectivity index (χ3n) is 4.49. The summed E-state index contributed by atoms with van der Waals surface area (Å²) < 4.78 is 12.2. The van der Waals surface area contributed by atoms with Crippen LogP contribution in [0, 0.1) is 5.92 Å². The van der Waals surface area contributed by atoms with Gasteiger partial charge in [0.05, 0.1) is 0 Å². The smallest absolute Gasteiger partial charge is 0.138 e. The highest BCUT2D eigenvalue weighted by Gasteiger charge is 2.26. The standard InChI is InChI=1S/C18H25NO2/c1-4-13-14-7-5-6-8-16(14)21-18(13)17-11-19-15(12(2)3)9-10-20-17/h5-8,12,15,17,19H,4,9-11H2,1-3H3. The van der Waals surface area contributed by atoms with Gasteiger partial charge >= 0.3 is 0 Å². The Bertz CT molecular complexity index is 602. The Hall–Kier alpha value is -1.32. The molecule has 2 atom stereocenters. The van der Waals surface area contributed by atoms with Crippen LogP contribution >= 0.6 is 0 Å². The van der Waals surface area contributed by atoms with E-state index in [1.165, 1.54) is 10.9 Å². The van der Waals surface area contributed by atoms with Crippen LogP contribution in [0.25, 0.3) is 11.0 Å². The van der Waals surface area contributed by atoms with Crippen molar-refractivity contribution in [1.82, 2.24) is 5.32 Å². The van der Waals surface area contributed by atoms with Crippen molar-refractivity contribution in [1.29, 1.82) is 0 Å². The van der Waals surface area contributed by atoms with Crippen molar-refractivity contribution < 1.29 is 9.15 Å².